The number of aliphatic carboxylic acids is 1. The molecule has 0 saturated carbocycles. The number of carboxylic acids is 1. The van der Waals surface area contributed by atoms with Gasteiger partial charge in [-0.15, -0.1) is 0 Å². The van der Waals surface area contributed by atoms with Crippen molar-refractivity contribution >= 4 is 23.6 Å². The van der Waals surface area contributed by atoms with E-state index in [9.17, 15) is 14.4 Å². The third-order valence-electron chi connectivity index (χ3n) is 5.94. The molecule has 1 aliphatic rings. The van der Waals surface area contributed by atoms with E-state index in [0.717, 1.165) is 24.1 Å². The quantitative estimate of drug-likeness (QED) is 0.248. The zero-order valence-corrected chi connectivity index (χ0v) is 19.0. The maximum Gasteiger partial charge on any atom is 0.317 e. The Balaban J connectivity index is 1.60. The minimum Gasteiger partial charge on any atom is -0.480 e. The molecule has 0 spiro atoms. The van der Waals surface area contributed by atoms with Crippen molar-refractivity contribution in [2.45, 2.75) is 44.3 Å². The molecule has 6 N–H and O–H groups in total. The predicted molar refractivity (Wildman–Crippen MR) is 128 cm³/mol. The van der Waals surface area contributed by atoms with E-state index in [0.29, 0.717) is 31.4 Å². The van der Waals surface area contributed by atoms with E-state index in [1.807, 2.05) is 47.4 Å². The van der Waals surface area contributed by atoms with Crippen molar-refractivity contribution in [1.29, 1.82) is 5.41 Å². The fourth-order valence-corrected chi connectivity index (χ4v) is 4.12. The number of nitrogens with two attached hydrogens (primary N) is 1. The highest BCUT2D eigenvalue weighted by Gasteiger charge is 2.32. The van der Waals surface area contributed by atoms with Crippen molar-refractivity contribution in [3.05, 3.63) is 71.3 Å². The van der Waals surface area contributed by atoms with Crippen molar-refractivity contribution < 1.29 is 19.5 Å². The number of hydrogen-bond acceptors (Lipinski definition) is 6. The van der Waals surface area contributed by atoms with Gasteiger partial charge in [-0.2, -0.15) is 0 Å². The molecular formula is C25H31N5O4. The first-order valence-corrected chi connectivity index (χ1v) is 11.3. The lowest BCUT2D eigenvalue weighted by atomic mass is 10.0. The second kappa shape index (κ2) is 12.1. The summed E-state index contributed by atoms with van der Waals surface area (Å²) in [6.07, 6.45) is 2.42. The van der Waals surface area contributed by atoms with E-state index in [1.54, 1.807) is 12.1 Å². The number of carboxylic acid groups (broad SMARTS) is 1. The summed E-state index contributed by atoms with van der Waals surface area (Å²) in [4.78, 5) is 38.9. The summed E-state index contributed by atoms with van der Waals surface area (Å²) in [7, 11) is 0. The van der Waals surface area contributed by atoms with E-state index in [4.69, 9.17) is 16.2 Å². The van der Waals surface area contributed by atoms with Gasteiger partial charge in [-0.05, 0) is 43.4 Å². The fourth-order valence-electron chi connectivity index (χ4n) is 4.12. The highest BCUT2D eigenvalue weighted by molar-refractivity contribution is 6.00. The molecule has 1 aliphatic heterocycles. The van der Waals surface area contributed by atoms with E-state index in [-0.39, 0.29) is 18.3 Å². The summed E-state index contributed by atoms with van der Waals surface area (Å²) < 4.78 is 0. The van der Waals surface area contributed by atoms with Crippen LogP contribution in [0.1, 0.15) is 36.0 Å². The van der Waals surface area contributed by atoms with Gasteiger partial charge in [0.2, 0.25) is 11.8 Å². The number of likely N-dealkylation sites (tertiary alicyclic amines) is 1. The molecule has 0 aliphatic carbocycles. The monoisotopic (exact) mass is 465 g/mol. The number of benzene rings is 2. The average Bonchev–Trinajstić information content (AvgIpc) is 3.28. The smallest absolute Gasteiger partial charge is 0.317 e. The summed E-state index contributed by atoms with van der Waals surface area (Å²) in [5.74, 6) is -1.95. The molecule has 2 amide bonds. The Kier molecular flexibility index (Phi) is 8.89. The van der Waals surface area contributed by atoms with Crippen molar-refractivity contribution in [3.63, 3.8) is 0 Å². The third-order valence-corrected chi connectivity index (χ3v) is 5.94. The van der Waals surface area contributed by atoms with Crippen LogP contribution >= 0.6 is 0 Å². The Morgan fingerprint density at radius 1 is 1.09 bits per heavy atom. The van der Waals surface area contributed by atoms with Gasteiger partial charge in [0, 0.05) is 12.1 Å². The van der Waals surface area contributed by atoms with Gasteiger partial charge >= 0.3 is 5.97 Å². The Labute approximate surface area is 198 Å². The van der Waals surface area contributed by atoms with Crippen LogP contribution in [0.2, 0.25) is 0 Å². The minimum absolute atomic E-state index is 0.00168. The number of nitrogens with one attached hydrogen (secondary N) is 3. The number of imide groups is 1. The van der Waals surface area contributed by atoms with E-state index < -0.39 is 24.0 Å². The Hall–Kier alpha value is -3.56. The van der Waals surface area contributed by atoms with Crippen LogP contribution in [0.4, 0.5) is 0 Å². The molecule has 2 aromatic carbocycles. The largest absolute Gasteiger partial charge is 0.480 e. The summed E-state index contributed by atoms with van der Waals surface area (Å²) in [6.45, 7) is 0.904. The molecule has 2 aromatic rings. The van der Waals surface area contributed by atoms with Gasteiger partial charge < -0.3 is 10.8 Å². The lowest BCUT2D eigenvalue weighted by molar-refractivity contribution is -0.136. The Morgan fingerprint density at radius 2 is 1.79 bits per heavy atom. The first-order valence-electron chi connectivity index (χ1n) is 11.3. The van der Waals surface area contributed by atoms with Crippen LogP contribution in [-0.2, 0) is 27.3 Å². The number of carbonyl (C=O) groups excluding carboxylic acids is 2. The molecule has 0 radical (unpaired) electrons. The number of nitrogen functional groups attached to an aromatic ring is 1. The molecule has 0 bridgehead atoms. The van der Waals surface area contributed by atoms with E-state index >= 15 is 0 Å². The predicted octanol–water partition coefficient (Wildman–Crippen LogP) is 1.25. The first-order chi connectivity index (χ1) is 16.3. The highest BCUT2D eigenvalue weighted by Crippen LogP contribution is 2.20. The third kappa shape index (κ3) is 7.23. The zero-order chi connectivity index (χ0) is 24.5. The summed E-state index contributed by atoms with van der Waals surface area (Å²) >= 11 is 0. The molecule has 180 valence electrons. The van der Waals surface area contributed by atoms with E-state index in [2.05, 4.69) is 10.6 Å². The summed E-state index contributed by atoms with van der Waals surface area (Å²) in [5, 5.41) is 21.8. The molecule has 3 rings (SSSR count). The number of amidine groups is 1. The van der Waals surface area contributed by atoms with Crippen LogP contribution in [0.15, 0.2) is 54.6 Å². The van der Waals surface area contributed by atoms with Gasteiger partial charge in [-0.3, -0.25) is 35.3 Å². The fraction of sp³-hybridized carbons (Fsp3) is 0.360. The average molecular weight is 466 g/mol. The van der Waals surface area contributed by atoms with Gasteiger partial charge in [-0.1, -0.05) is 54.6 Å². The highest BCUT2D eigenvalue weighted by atomic mass is 16.4. The number of amides is 2. The molecule has 34 heavy (non-hydrogen) atoms. The number of rotatable bonds is 11. The molecule has 1 heterocycles. The minimum atomic E-state index is -1.07. The lowest BCUT2D eigenvalue weighted by Crippen LogP contribution is -2.52. The van der Waals surface area contributed by atoms with Crippen molar-refractivity contribution in [1.82, 2.24) is 15.5 Å². The normalized spacial score (nSPS) is 16.6. The van der Waals surface area contributed by atoms with Crippen LogP contribution in [0, 0.1) is 5.41 Å². The number of nitrogens with zero attached hydrogens (tertiary/aromatic N) is 1. The van der Waals surface area contributed by atoms with Crippen molar-refractivity contribution in [2.24, 2.45) is 5.73 Å². The number of aryl methyl sites for hydroxylation is 1. The molecule has 1 fully saturated rings. The maximum absolute atomic E-state index is 13.0. The van der Waals surface area contributed by atoms with Crippen LogP contribution < -0.4 is 16.4 Å². The molecule has 1 saturated heterocycles. The van der Waals surface area contributed by atoms with Gasteiger partial charge in [0.05, 0.1) is 18.6 Å². The van der Waals surface area contributed by atoms with E-state index in [1.165, 1.54) is 0 Å². The molecule has 0 aromatic heterocycles. The summed E-state index contributed by atoms with van der Waals surface area (Å²) in [5.41, 5.74) is 8.16. The van der Waals surface area contributed by atoms with Crippen LogP contribution in [-0.4, -0.2) is 58.8 Å². The van der Waals surface area contributed by atoms with Crippen molar-refractivity contribution in [3.8, 4) is 0 Å². The Bertz CT molecular complexity index is 1010. The molecular weight excluding hydrogens is 434 g/mol. The number of hydrogen-bond donors (Lipinski definition) is 5. The maximum atomic E-state index is 13.0. The van der Waals surface area contributed by atoms with Gasteiger partial charge in [0.1, 0.15) is 5.84 Å². The van der Waals surface area contributed by atoms with Crippen LogP contribution in [0.5, 0.6) is 0 Å². The van der Waals surface area contributed by atoms with Crippen LogP contribution in [0.25, 0.3) is 0 Å². The lowest BCUT2D eigenvalue weighted by Gasteiger charge is -2.24. The van der Waals surface area contributed by atoms with Gasteiger partial charge in [0.15, 0.2) is 0 Å². The second-order valence-electron chi connectivity index (χ2n) is 8.44. The molecule has 2 atom stereocenters. The van der Waals surface area contributed by atoms with Crippen molar-refractivity contribution in [2.75, 3.05) is 13.1 Å². The molecule has 0 unspecified atom stereocenters. The second-order valence-corrected chi connectivity index (χ2v) is 8.44. The SMILES string of the molecule is N=C(N)c1ccc(CN2CCC[C@H]2C(=O)NC(=O)[C@@H](CCc2ccccc2)NCC(=O)O)cc1. The first kappa shape index (κ1) is 25.1. The topological polar surface area (TPSA) is 149 Å². The van der Waals surface area contributed by atoms with Gasteiger partial charge in [0.25, 0.3) is 0 Å². The summed E-state index contributed by atoms with van der Waals surface area (Å²) in [6, 6.07) is 15.7. The molecule has 9 nitrogen and oxygen atoms in total. The number of carbonyl (C=O) groups is 3. The molecule has 9 heteroatoms. The van der Waals surface area contributed by atoms with Crippen LogP contribution in [0.3, 0.4) is 0 Å². The Morgan fingerprint density at radius 3 is 2.44 bits per heavy atom. The standard InChI is InChI=1S/C25H31N5O4/c26-23(27)19-11-8-18(9-12-19)16-30-14-4-7-21(30)25(34)29-24(33)20(28-15-22(31)32)13-10-17-5-2-1-3-6-17/h1-3,5-6,8-9,11-12,20-21,28H,4,7,10,13-16H2,(H3,26,27)(H,31,32)(H,29,33,34)/t20-,21+/m1/s1. The van der Waals surface area contributed by atoms with Gasteiger partial charge in [-0.25, -0.2) is 0 Å². The zero-order valence-electron chi connectivity index (χ0n) is 19.0.